The van der Waals surface area contributed by atoms with Crippen LogP contribution >= 0.6 is 15.9 Å². The standard InChI is InChI=1S/C15H14BrFO/c1-2-18-14-8-6-11(7-9-14)15(16)12-4-3-5-13(17)10-12/h3-10,15H,2H2,1H3. The molecule has 1 unspecified atom stereocenters. The van der Waals surface area contributed by atoms with Gasteiger partial charge in [-0.05, 0) is 42.3 Å². The fourth-order valence-corrected chi connectivity index (χ4v) is 2.35. The number of ether oxygens (including phenoxy) is 1. The Morgan fingerprint density at radius 1 is 1.11 bits per heavy atom. The van der Waals surface area contributed by atoms with Gasteiger partial charge in [-0.2, -0.15) is 0 Å². The summed E-state index contributed by atoms with van der Waals surface area (Å²) in [4.78, 5) is -0.0103. The molecule has 94 valence electrons. The lowest BCUT2D eigenvalue weighted by Crippen LogP contribution is -1.95. The van der Waals surface area contributed by atoms with E-state index in [-0.39, 0.29) is 10.6 Å². The van der Waals surface area contributed by atoms with E-state index in [0.29, 0.717) is 6.61 Å². The zero-order chi connectivity index (χ0) is 13.0. The Bertz CT molecular complexity index is 510. The lowest BCUT2D eigenvalue weighted by atomic mass is 10.0. The molecule has 0 spiro atoms. The van der Waals surface area contributed by atoms with Crippen molar-refractivity contribution in [3.8, 4) is 5.75 Å². The maximum Gasteiger partial charge on any atom is 0.123 e. The van der Waals surface area contributed by atoms with Gasteiger partial charge in [0.2, 0.25) is 0 Å². The third-order valence-electron chi connectivity index (χ3n) is 2.63. The van der Waals surface area contributed by atoms with Gasteiger partial charge in [0.15, 0.2) is 0 Å². The Kier molecular flexibility index (Phi) is 4.37. The molecule has 2 rings (SSSR count). The Balaban J connectivity index is 2.20. The van der Waals surface area contributed by atoms with Crippen LogP contribution in [0.25, 0.3) is 0 Å². The summed E-state index contributed by atoms with van der Waals surface area (Å²) < 4.78 is 18.6. The Hall–Kier alpha value is -1.35. The normalized spacial score (nSPS) is 12.2. The van der Waals surface area contributed by atoms with Crippen molar-refractivity contribution in [1.29, 1.82) is 0 Å². The van der Waals surface area contributed by atoms with Crippen LogP contribution in [0, 0.1) is 5.82 Å². The molecule has 0 radical (unpaired) electrons. The first-order valence-corrected chi connectivity index (χ1v) is 6.74. The van der Waals surface area contributed by atoms with E-state index in [4.69, 9.17) is 4.74 Å². The van der Waals surface area contributed by atoms with Crippen LogP contribution in [0.2, 0.25) is 0 Å². The number of hydrogen-bond acceptors (Lipinski definition) is 1. The van der Waals surface area contributed by atoms with Crippen LogP contribution in [0.4, 0.5) is 4.39 Å². The van der Waals surface area contributed by atoms with Gasteiger partial charge in [-0.3, -0.25) is 0 Å². The minimum Gasteiger partial charge on any atom is -0.494 e. The van der Waals surface area contributed by atoms with Crippen LogP contribution < -0.4 is 4.74 Å². The predicted octanol–water partition coefficient (Wildman–Crippen LogP) is 4.71. The molecule has 2 aromatic carbocycles. The summed E-state index contributed by atoms with van der Waals surface area (Å²) >= 11 is 3.58. The summed E-state index contributed by atoms with van der Waals surface area (Å²) in [6.07, 6.45) is 0. The molecule has 1 atom stereocenters. The number of rotatable bonds is 4. The molecule has 18 heavy (non-hydrogen) atoms. The molecule has 0 saturated carbocycles. The van der Waals surface area contributed by atoms with Gasteiger partial charge in [0.1, 0.15) is 11.6 Å². The molecule has 0 fully saturated rings. The van der Waals surface area contributed by atoms with Crippen molar-refractivity contribution in [3.05, 3.63) is 65.5 Å². The van der Waals surface area contributed by atoms with E-state index in [0.717, 1.165) is 16.9 Å². The topological polar surface area (TPSA) is 9.23 Å². The van der Waals surface area contributed by atoms with Crippen molar-refractivity contribution in [1.82, 2.24) is 0 Å². The fourth-order valence-electron chi connectivity index (χ4n) is 1.76. The highest BCUT2D eigenvalue weighted by Gasteiger charge is 2.10. The van der Waals surface area contributed by atoms with Crippen LogP contribution in [-0.4, -0.2) is 6.61 Å². The van der Waals surface area contributed by atoms with Gasteiger partial charge in [0.05, 0.1) is 11.4 Å². The Labute approximate surface area is 115 Å². The van der Waals surface area contributed by atoms with Crippen LogP contribution in [0.3, 0.4) is 0 Å². The third-order valence-corrected chi connectivity index (χ3v) is 3.68. The van der Waals surface area contributed by atoms with Crippen molar-refractivity contribution in [3.63, 3.8) is 0 Å². The summed E-state index contributed by atoms with van der Waals surface area (Å²) in [5.41, 5.74) is 1.98. The maximum absolute atomic E-state index is 13.2. The van der Waals surface area contributed by atoms with Crippen molar-refractivity contribution in [2.45, 2.75) is 11.8 Å². The molecule has 2 aromatic rings. The highest BCUT2D eigenvalue weighted by molar-refractivity contribution is 9.09. The first-order chi connectivity index (χ1) is 8.70. The van der Waals surface area contributed by atoms with Crippen LogP contribution in [0.5, 0.6) is 5.75 Å². The second kappa shape index (κ2) is 6.01. The first kappa shape index (κ1) is 13.1. The van der Waals surface area contributed by atoms with Crippen molar-refractivity contribution in [2.24, 2.45) is 0 Å². The van der Waals surface area contributed by atoms with E-state index < -0.39 is 0 Å². The fraction of sp³-hybridized carbons (Fsp3) is 0.200. The summed E-state index contributed by atoms with van der Waals surface area (Å²) in [6.45, 7) is 2.61. The third kappa shape index (κ3) is 3.10. The summed E-state index contributed by atoms with van der Waals surface area (Å²) in [7, 11) is 0. The van der Waals surface area contributed by atoms with E-state index in [2.05, 4.69) is 15.9 Å². The molecular formula is C15H14BrFO. The van der Waals surface area contributed by atoms with Gasteiger partial charge >= 0.3 is 0 Å². The monoisotopic (exact) mass is 308 g/mol. The molecule has 0 amide bonds. The summed E-state index contributed by atoms with van der Waals surface area (Å²) in [6, 6.07) is 14.4. The van der Waals surface area contributed by atoms with Crippen LogP contribution in [-0.2, 0) is 0 Å². The average Bonchev–Trinajstić information content (AvgIpc) is 2.39. The molecule has 0 saturated heterocycles. The molecule has 3 heteroatoms. The summed E-state index contributed by atoms with van der Waals surface area (Å²) in [5, 5.41) is 0. The molecule has 0 aliphatic carbocycles. The minimum absolute atomic E-state index is 0.0103. The quantitative estimate of drug-likeness (QED) is 0.743. The highest BCUT2D eigenvalue weighted by Crippen LogP contribution is 2.31. The number of benzene rings is 2. The largest absolute Gasteiger partial charge is 0.494 e. The first-order valence-electron chi connectivity index (χ1n) is 5.83. The van der Waals surface area contributed by atoms with Crippen LogP contribution in [0.15, 0.2) is 48.5 Å². The van der Waals surface area contributed by atoms with E-state index in [1.54, 1.807) is 6.07 Å². The second-order valence-corrected chi connectivity index (χ2v) is 4.84. The maximum atomic E-state index is 13.2. The van der Waals surface area contributed by atoms with E-state index in [9.17, 15) is 4.39 Å². The van der Waals surface area contributed by atoms with Crippen molar-refractivity contribution >= 4 is 15.9 Å². The predicted molar refractivity (Wildman–Crippen MR) is 74.8 cm³/mol. The van der Waals surface area contributed by atoms with Crippen molar-refractivity contribution in [2.75, 3.05) is 6.61 Å². The van der Waals surface area contributed by atoms with Gasteiger partial charge < -0.3 is 4.74 Å². The van der Waals surface area contributed by atoms with E-state index >= 15 is 0 Å². The molecule has 0 N–H and O–H groups in total. The van der Waals surface area contributed by atoms with Gasteiger partial charge in [-0.1, -0.05) is 40.2 Å². The zero-order valence-corrected chi connectivity index (χ0v) is 11.7. The zero-order valence-electron chi connectivity index (χ0n) is 10.1. The number of alkyl halides is 1. The van der Waals surface area contributed by atoms with Crippen LogP contribution in [0.1, 0.15) is 22.9 Å². The second-order valence-electron chi connectivity index (χ2n) is 3.92. The molecule has 0 aromatic heterocycles. The van der Waals surface area contributed by atoms with E-state index in [1.165, 1.54) is 12.1 Å². The average molecular weight is 309 g/mol. The minimum atomic E-state index is -0.220. The number of hydrogen-bond donors (Lipinski definition) is 0. The van der Waals surface area contributed by atoms with Gasteiger partial charge in [0, 0.05) is 0 Å². The molecular weight excluding hydrogens is 295 g/mol. The lowest BCUT2D eigenvalue weighted by molar-refractivity contribution is 0.340. The van der Waals surface area contributed by atoms with Gasteiger partial charge in [-0.25, -0.2) is 4.39 Å². The van der Waals surface area contributed by atoms with Gasteiger partial charge in [-0.15, -0.1) is 0 Å². The van der Waals surface area contributed by atoms with Gasteiger partial charge in [0.25, 0.3) is 0 Å². The molecule has 0 heterocycles. The van der Waals surface area contributed by atoms with E-state index in [1.807, 2.05) is 37.3 Å². The smallest absolute Gasteiger partial charge is 0.123 e. The summed E-state index contributed by atoms with van der Waals surface area (Å²) in [5.74, 6) is 0.628. The SMILES string of the molecule is CCOc1ccc(C(Br)c2cccc(F)c2)cc1. The molecule has 1 nitrogen and oxygen atoms in total. The van der Waals surface area contributed by atoms with Crippen molar-refractivity contribution < 1.29 is 9.13 Å². The lowest BCUT2D eigenvalue weighted by Gasteiger charge is -2.11. The molecule has 0 bridgehead atoms. The number of halogens is 2. The molecule has 0 aliphatic heterocycles. The Morgan fingerprint density at radius 2 is 1.83 bits per heavy atom. The molecule has 0 aliphatic rings. The Morgan fingerprint density at radius 3 is 2.44 bits per heavy atom. The highest BCUT2D eigenvalue weighted by atomic mass is 79.9.